The highest BCUT2D eigenvalue weighted by Crippen LogP contribution is 2.76. The molecule has 3 aliphatic heterocycles. The summed E-state index contributed by atoms with van der Waals surface area (Å²) in [6.45, 7) is 12.1. The van der Waals surface area contributed by atoms with Crippen molar-refractivity contribution in [1.29, 1.82) is 0 Å². The Morgan fingerprint density at radius 3 is 1.96 bits per heavy atom. The summed E-state index contributed by atoms with van der Waals surface area (Å²) in [6.07, 6.45) is -21.7. The van der Waals surface area contributed by atoms with Crippen molar-refractivity contribution in [3.05, 3.63) is 11.6 Å². The molecule has 26 atom stereocenters. The van der Waals surface area contributed by atoms with E-state index in [2.05, 4.69) is 40.7 Å². The van der Waals surface area contributed by atoms with Crippen LogP contribution < -0.4 is 0 Å². The molecule has 390 valence electrons. The summed E-state index contributed by atoms with van der Waals surface area (Å²) in [5.41, 5.74) is -3.01. The lowest BCUT2D eigenvalue weighted by atomic mass is 9.33. The third kappa shape index (κ3) is 8.07. The van der Waals surface area contributed by atoms with Crippen molar-refractivity contribution in [2.75, 3.05) is 19.8 Å². The highest BCUT2D eigenvalue weighted by atomic mass is 16.8. The van der Waals surface area contributed by atoms with E-state index in [-0.39, 0.29) is 23.7 Å². The van der Waals surface area contributed by atoms with Gasteiger partial charge in [-0.25, -0.2) is 0 Å². The van der Waals surface area contributed by atoms with Crippen LogP contribution in [0.2, 0.25) is 0 Å². The van der Waals surface area contributed by atoms with Gasteiger partial charge in [-0.3, -0.25) is 4.79 Å². The minimum atomic E-state index is -1.89. The summed E-state index contributed by atoms with van der Waals surface area (Å²) in [5, 5.41) is 142. The number of carbonyl (C=O) groups excluding carboxylic acids is 1. The number of ether oxygens (including phenoxy) is 6. The van der Waals surface area contributed by atoms with Gasteiger partial charge in [0.15, 0.2) is 12.6 Å². The van der Waals surface area contributed by atoms with Crippen molar-refractivity contribution < 1.29 is 99.6 Å². The van der Waals surface area contributed by atoms with Gasteiger partial charge in [-0.2, -0.15) is 0 Å². The fourth-order valence-electron chi connectivity index (χ4n) is 15.1. The summed E-state index contributed by atoms with van der Waals surface area (Å²) < 4.78 is 34.6. The largest absolute Gasteiger partial charge is 0.432 e. The van der Waals surface area contributed by atoms with Crippen molar-refractivity contribution in [2.45, 2.75) is 210 Å². The second kappa shape index (κ2) is 18.5. The van der Waals surface area contributed by atoms with Crippen molar-refractivity contribution in [2.24, 2.45) is 50.2 Å². The maximum Gasteiger partial charge on any atom is 0.315 e. The molecule has 7 fully saturated rings. The van der Waals surface area contributed by atoms with Crippen LogP contribution in [0.3, 0.4) is 0 Å². The van der Waals surface area contributed by atoms with E-state index in [1.165, 1.54) is 6.92 Å². The number of aliphatic hydroxyl groups is 13. The number of hydrogen-bond acceptors (Lipinski definition) is 20. The summed E-state index contributed by atoms with van der Waals surface area (Å²) >= 11 is 0. The first-order valence-corrected chi connectivity index (χ1v) is 24.5. The Balaban J connectivity index is 0.991. The molecule has 5 aliphatic carbocycles. The van der Waals surface area contributed by atoms with Gasteiger partial charge < -0.3 is 94.8 Å². The zero-order valence-corrected chi connectivity index (χ0v) is 40.2. The summed E-state index contributed by atoms with van der Waals surface area (Å²) in [6, 6.07) is 0. The van der Waals surface area contributed by atoms with Crippen molar-refractivity contribution >= 4 is 5.97 Å². The number of esters is 1. The van der Waals surface area contributed by atoms with Gasteiger partial charge in [0.05, 0.1) is 49.7 Å². The van der Waals surface area contributed by atoms with Crippen LogP contribution in [0.1, 0.15) is 99.8 Å². The standard InChI is InChI=1S/C48H78O20/c1-20-28(53)30(55)33(58)40(64-20)67-36-25(17-49)65-39(35(60)32(36)57)63-18-26-29(54)31(56)34(59)41(66-26)68-42(62)48-12-10-43(2,3)14-22(48)21-8-9-27-44(4)15-24(52)38(61)45(5,19-50)37(44)23(51)16-47(27,7)46(21,6)11-13-48/h8,20,22-41,49-61H,9-19H2,1-7H3/t20?,22-,23+,24?,25+,26+,27?,28-,29?,30?,31-,32+,33?,34?,35?,36?,37?,38-,39+,40-,41-,44+,45-,46?,47+,48-/m0/s1. The summed E-state index contributed by atoms with van der Waals surface area (Å²) in [5.74, 6) is -1.51. The Labute approximate surface area is 396 Å². The first kappa shape index (κ1) is 52.8. The summed E-state index contributed by atoms with van der Waals surface area (Å²) in [7, 11) is 0. The van der Waals surface area contributed by atoms with Gasteiger partial charge in [0.25, 0.3) is 0 Å². The van der Waals surface area contributed by atoms with Crippen LogP contribution in [0.4, 0.5) is 0 Å². The molecule has 8 rings (SSSR count). The highest BCUT2D eigenvalue weighted by Gasteiger charge is 2.73. The van der Waals surface area contributed by atoms with Gasteiger partial charge in [-0.05, 0) is 91.8 Å². The Morgan fingerprint density at radius 2 is 1.29 bits per heavy atom. The van der Waals surface area contributed by atoms with E-state index >= 15 is 0 Å². The normalized spacial score (nSPS) is 55.7. The molecule has 0 radical (unpaired) electrons. The van der Waals surface area contributed by atoms with Crippen molar-refractivity contribution in [3.8, 4) is 0 Å². The molecule has 0 spiro atoms. The SMILES string of the molecule is CC1O[C@@H](OC2[C@H](O)C(O)[C@H](OC[C@H]3O[C@@H](OC(=O)[C@]45CCC(C)(C)C[C@H]4C4=CCC6[C@@]7(C)CC(O)[C@H](O)[C@@](C)(CO)C7[C@H](O)C[C@@]6(C)C4(C)CC5)C(O)[C@@H](O)C3O)O[C@@H]2CO)C(O)C(O)[C@H]1O. The molecule has 11 unspecified atom stereocenters. The Kier molecular flexibility index (Phi) is 14.3. The molecular formula is C48H78O20. The third-order valence-corrected chi connectivity index (χ3v) is 19.3. The zero-order chi connectivity index (χ0) is 50.0. The molecule has 13 N–H and O–H groups in total. The average Bonchev–Trinajstić information content (AvgIpc) is 3.28. The molecule has 0 aromatic carbocycles. The second-order valence-electron chi connectivity index (χ2n) is 23.7. The van der Waals surface area contributed by atoms with Gasteiger partial charge in [-0.1, -0.05) is 53.2 Å². The molecule has 20 heteroatoms. The molecule has 0 bridgehead atoms. The van der Waals surface area contributed by atoms with E-state index in [4.69, 9.17) is 28.4 Å². The first-order valence-electron chi connectivity index (χ1n) is 24.5. The van der Waals surface area contributed by atoms with E-state index in [0.29, 0.717) is 44.9 Å². The lowest BCUT2D eigenvalue weighted by Gasteiger charge is -2.72. The van der Waals surface area contributed by atoms with Gasteiger partial charge >= 0.3 is 5.97 Å². The van der Waals surface area contributed by atoms with Crippen molar-refractivity contribution in [3.63, 3.8) is 0 Å². The molecule has 0 aromatic heterocycles. The van der Waals surface area contributed by atoms with Crippen LogP contribution in [0.15, 0.2) is 11.6 Å². The van der Waals surface area contributed by atoms with E-state index in [0.717, 1.165) is 5.57 Å². The predicted octanol–water partition coefficient (Wildman–Crippen LogP) is -1.92. The van der Waals surface area contributed by atoms with Crippen LogP contribution in [0.5, 0.6) is 0 Å². The molecule has 3 saturated heterocycles. The van der Waals surface area contributed by atoms with E-state index < -0.39 is 169 Å². The number of aliphatic hydroxyl groups excluding tert-OH is 13. The Morgan fingerprint density at radius 1 is 0.676 bits per heavy atom. The summed E-state index contributed by atoms with van der Waals surface area (Å²) in [4.78, 5) is 15.0. The van der Waals surface area contributed by atoms with Crippen LogP contribution in [0, 0.1) is 50.2 Å². The minimum absolute atomic E-state index is 0.0494. The van der Waals surface area contributed by atoms with E-state index in [9.17, 15) is 71.2 Å². The molecule has 0 aromatic rings. The fourth-order valence-corrected chi connectivity index (χ4v) is 15.1. The monoisotopic (exact) mass is 975 g/mol. The fraction of sp³-hybridized carbons (Fsp3) is 0.938. The number of carbonyl (C=O) groups is 1. The third-order valence-electron chi connectivity index (χ3n) is 19.3. The number of rotatable bonds is 9. The van der Waals surface area contributed by atoms with E-state index in [1.807, 2.05) is 0 Å². The second-order valence-corrected chi connectivity index (χ2v) is 23.7. The van der Waals surface area contributed by atoms with Gasteiger partial charge in [0.2, 0.25) is 6.29 Å². The molecule has 68 heavy (non-hydrogen) atoms. The lowest BCUT2D eigenvalue weighted by Crippen LogP contribution is -2.71. The first-order chi connectivity index (χ1) is 31.7. The number of hydrogen-bond donors (Lipinski definition) is 13. The van der Waals surface area contributed by atoms with E-state index in [1.54, 1.807) is 6.92 Å². The smallest absolute Gasteiger partial charge is 0.315 e. The number of fused-ring (bicyclic) bond motifs is 7. The van der Waals surface area contributed by atoms with Crippen molar-refractivity contribution in [1.82, 2.24) is 0 Å². The minimum Gasteiger partial charge on any atom is -0.432 e. The maximum atomic E-state index is 15.0. The highest BCUT2D eigenvalue weighted by molar-refractivity contribution is 5.79. The molecule has 8 aliphatic rings. The molecule has 3 heterocycles. The predicted molar refractivity (Wildman–Crippen MR) is 233 cm³/mol. The number of allylic oxidation sites excluding steroid dienone is 2. The molecule has 4 saturated carbocycles. The topological polar surface area (TPSA) is 335 Å². The van der Waals surface area contributed by atoms with Gasteiger partial charge in [0, 0.05) is 11.3 Å². The van der Waals surface area contributed by atoms with Crippen LogP contribution in [-0.2, 0) is 33.2 Å². The lowest BCUT2D eigenvalue weighted by molar-refractivity contribution is -0.361. The van der Waals surface area contributed by atoms with Crippen LogP contribution >= 0.6 is 0 Å². The molecule has 0 amide bonds. The van der Waals surface area contributed by atoms with Crippen LogP contribution in [-0.4, -0.2) is 203 Å². The van der Waals surface area contributed by atoms with Gasteiger partial charge in [-0.15, -0.1) is 0 Å². The molecular weight excluding hydrogens is 897 g/mol. The zero-order valence-electron chi connectivity index (χ0n) is 40.2. The quantitative estimate of drug-likeness (QED) is 0.0885. The van der Waals surface area contributed by atoms with Crippen LogP contribution in [0.25, 0.3) is 0 Å². The average molecular weight is 975 g/mol. The Hall–Kier alpha value is -1.51. The maximum absolute atomic E-state index is 15.0. The van der Waals surface area contributed by atoms with Gasteiger partial charge in [0.1, 0.15) is 67.1 Å². The molecule has 20 nitrogen and oxygen atoms in total. The Bertz CT molecular complexity index is 1870.